The maximum absolute atomic E-state index is 4.90. The van der Waals surface area contributed by atoms with Gasteiger partial charge in [0.05, 0.1) is 0 Å². The van der Waals surface area contributed by atoms with Gasteiger partial charge in [0.1, 0.15) is 0 Å². The largest absolute Gasteiger partial charge is 0.351 e. The van der Waals surface area contributed by atoms with E-state index in [1.807, 2.05) is 0 Å². The number of aromatic nitrogens is 3. The normalized spacial score (nSPS) is 23.0. The topological polar surface area (TPSA) is 57.2 Å². The number of hydrogen-bond donors (Lipinski definition) is 1. The van der Waals surface area contributed by atoms with E-state index in [0.717, 1.165) is 44.0 Å². The molecule has 0 bridgehead atoms. The Morgan fingerprint density at radius 2 is 1.00 bits per heavy atom. The maximum atomic E-state index is 4.90. The van der Waals surface area contributed by atoms with Gasteiger partial charge in [0.2, 0.25) is 17.8 Å². The monoisotopic (exact) mass is 372 g/mol. The third-order valence-electron chi connectivity index (χ3n) is 6.33. The second-order valence-electron chi connectivity index (χ2n) is 8.54. The minimum atomic E-state index is 0.510. The van der Waals surface area contributed by atoms with Gasteiger partial charge in [-0.3, -0.25) is 0 Å². The summed E-state index contributed by atoms with van der Waals surface area (Å²) in [6, 6.07) is 0.510. The van der Waals surface area contributed by atoms with Crippen molar-refractivity contribution >= 4 is 17.8 Å². The predicted molar refractivity (Wildman–Crippen MR) is 112 cm³/mol. The Labute approximate surface area is 164 Å². The first kappa shape index (κ1) is 18.8. The summed E-state index contributed by atoms with van der Waals surface area (Å²) in [7, 11) is 0. The van der Waals surface area contributed by atoms with Crippen LogP contribution in [0.1, 0.15) is 83.5 Å². The summed E-state index contributed by atoms with van der Waals surface area (Å²) in [4.78, 5) is 19.4. The van der Waals surface area contributed by atoms with Crippen LogP contribution in [0.5, 0.6) is 0 Å². The van der Waals surface area contributed by atoms with Gasteiger partial charge >= 0.3 is 0 Å². The van der Waals surface area contributed by atoms with Crippen LogP contribution in [-0.4, -0.2) is 47.2 Å². The molecule has 1 saturated carbocycles. The maximum Gasteiger partial charge on any atom is 0.231 e. The van der Waals surface area contributed by atoms with Gasteiger partial charge in [0.15, 0.2) is 0 Å². The van der Waals surface area contributed by atoms with Gasteiger partial charge in [-0.15, -0.1) is 0 Å². The van der Waals surface area contributed by atoms with Crippen LogP contribution in [0.15, 0.2) is 0 Å². The Morgan fingerprint density at radius 1 is 0.556 bits per heavy atom. The molecule has 0 radical (unpaired) electrons. The van der Waals surface area contributed by atoms with Gasteiger partial charge in [0.25, 0.3) is 0 Å². The number of piperidine rings is 2. The van der Waals surface area contributed by atoms with E-state index < -0.39 is 0 Å². The number of hydrogen-bond acceptors (Lipinski definition) is 6. The highest BCUT2D eigenvalue weighted by Gasteiger charge is 2.21. The molecule has 2 saturated heterocycles. The Balaban J connectivity index is 1.54. The number of anilines is 3. The molecule has 4 rings (SSSR count). The van der Waals surface area contributed by atoms with E-state index in [4.69, 9.17) is 15.0 Å². The van der Waals surface area contributed by atoms with Crippen molar-refractivity contribution in [3.8, 4) is 0 Å². The van der Waals surface area contributed by atoms with Crippen molar-refractivity contribution in [3.05, 3.63) is 0 Å². The lowest BCUT2D eigenvalue weighted by molar-refractivity contribution is 0.469. The molecule has 6 nitrogen and oxygen atoms in total. The number of nitrogens with one attached hydrogen (secondary N) is 1. The van der Waals surface area contributed by atoms with Crippen molar-refractivity contribution in [1.82, 2.24) is 15.0 Å². The second kappa shape index (κ2) is 9.56. The third-order valence-corrected chi connectivity index (χ3v) is 6.33. The van der Waals surface area contributed by atoms with Gasteiger partial charge < -0.3 is 15.1 Å². The highest BCUT2D eigenvalue weighted by atomic mass is 15.4. The lowest BCUT2D eigenvalue weighted by atomic mass is 9.97. The first-order valence-corrected chi connectivity index (χ1v) is 11.4. The molecule has 0 spiro atoms. The SMILES string of the molecule is C1CCCC(Nc2nc(N3CCCCC3)nc(N3CCCCC3)n2)CCC1. The molecule has 3 fully saturated rings. The summed E-state index contributed by atoms with van der Waals surface area (Å²) in [5, 5.41) is 3.69. The molecule has 2 aliphatic heterocycles. The Bertz CT molecular complexity index is 536. The second-order valence-corrected chi connectivity index (χ2v) is 8.54. The van der Waals surface area contributed by atoms with Crippen LogP contribution in [-0.2, 0) is 0 Å². The molecule has 150 valence electrons. The highest BCUT2D eigenvalue weighted by Crippen LogP contribution is 2.24. The quantitative estimate of drug-likeness (QED) is 0.846. The van der Waals surface area contributed by atoms with E-state index in [2.05, 4.69) is 15.1 Å². The van der Waals surface area contributed by atoms with Gasteiger partial charge in [-0.25, -0.2) is 0 Å². The average Bonchev–Trinajstić information content (AvgIpc) is 2.71. The van der Waals surface area contributed by atoms with Crippen molar-refractivity contribution in [3.63, 3.8) is 0 Å². The molecule has 0 unspecified atom stereocenters. The molecule has 0 amide bonds. The zero-order chi connectivity index (χ0) is 18.3. The summed E-state index contributed by atoms with van der Waals surface area (Å²) in [5.74, 6) is 2.58. The fraction of sp³-hybridized carbons (Fsp3) is 0.857. The van der Waals surface area contributed by atoms with Crippen molar-refractivity contribution in [1.29, 1.82) is 0 Å². The fourth-order valence-corrected chi connectivity index (χ4v) is 4.67. The van der Waals surface area contributed by atoms with Crippen LogP contribution in [0.2, 0.25) is 0 Å². The molecule has 3 aliphatic rings. The zero-order valence-corrected chi connectivity index (χ0v) is 16.8. The van der Waals surface area contributed by atoms with E-state index in [9.17, 15) is 0 Å². The van der Waals surface area contributed by atoms with Crippen molar-refractivity contribution in [2.75, 3.05) is 41.3 Å². The van der Waals surface area contributed by atoms with Crippen LogP contribution in [0.3, 0.4) is 0 Å². The summed E-state index contributed by atoms with van der Waals surface area (Å²) in [6.45, 7) is 4.30. The molecule has 6 heteroatoms. The van der Waals surface area contributed by atoms with Crippen molar-refractivity contribution < 1.29 is 0 Å². The first-order valence-electron chi connectivity index (χ1n) is 11.4. The average molecular weight is 373 g/mol. The van der Waals surface area contributed by atoms with Crippen LogP contribution >= 0.6 is 0 Å². The van der Waals surface area contributed by atoms with Crippen LogP contribution in [0.25, 0.3) is 0 Å². The Hall–Kier alpha value is -1.59. The Morgan fingerprint density at radius 3 is 1.52 bits per heavy atom. The molecular weight excluding hydrogens is 336 g/mol. The van der Waals surface area contributed by atoms with E-state index in [1.54, 1.807) is 0 Å². The lowest BCUT2D eigenvalue weighted by Crippen LogP contribution is -2.35. The van der Waals surface area contributed by atoms with Gasteiger partial charge in [-0.05, 0) is 51.4 Å². The molecule has 1 aromatic rings. The smallest absolute Gasteiger partial charge is 0.231 e. The predicted octanol–water partition coefficient (Wildman–Crippen LogP) is 4.38. The van der Waals surface area contributed by atoms with Crippen LogP contribution in [0, 0.1) is 0 Å². The lowest BCUT2D eigenvalue weighted by Gasteiger charge is -2.30. The third kappa shape index (κ3) is 5.23. The number of nitrogens with zero attached hydrogens (tertiary/aromatic N) is 5. The van der Waals surface area contributed by atoms with Crippen LogP contribution in [0.4, 0.5) is 17.8 Å². The molecule has 3 heterocycles. The zero-order valence-electron chi connectivity index (χ0n) is 16.8. The molecule has 27 heavy (non-hydrogen) atoms. The summed E-state index contributed by atoms with van der Waals surface area (Å²) >= 11 is 0. The molecule has 1 aliphatic carbocycles. The molecule has 0 atom stereocenters. The molecule has 0 aromatic carbocycles. The minimum Gasteiger partial charge on any atom is -0.351 e. The van der Waals surface area contributed by atoms with Gasteiger partial charge in [0, 0.05) is 32.2 Å². The van der Waals surface area contributed by atoms with Crippen molar-refractivity contribution in [2.24, 2.45) is 0 Å². The minimum absolute atomic E-state index is 0.510. The first-order chi connectivity index (χ1) is 13.4. The summed E-state index contributed by atoms with van der Waals surface area (Å²) < 4.78 is 0. The summed E-state index contributed by atoms with van der Waals surface area (Å²) in [5.41, 5.74) is 0. The molecular formula is C21H36N6. The molecule has 1 N–H and O–H groups in total. The Kier molecular flexibility index (Phi) is 6.64. The van der Waals surface area contributed by atoms with E-state index in [1.165, 1.54) is 83.5 Å². The van der Waals surface area contributed by atoms with Gasteiger partial charge in [-0.2, -0.15) is 15.0 Å². The highest BCUT2D eigenvalue weighted by molar-refractivity contribution is 5.46. The van der Waals surface area contributed by atoms with Gasteiger partial charge in [-0.1, -0.05) is 32.1 Å². The standard InChI is InChI=1S/C21H36N6/c1-2-6-12-18(13-7-3-1)22-19-23-20(26-14-8-4-9-15-26)25-21(24-19)27-16-10-5-11-17-27/h18H,1-17H2,(H,22,23,24,25). The van der Waals surface area contributed by atoms with Crippen molar-refractivity contribution in [2.45, 2.75) is 89.5 Å². The number of rotatable bonds is 4. The van der Waals surface area contributed by atoms with E-state index in [-0.39, 0.29) is 0 Å². The fourth-order valence-electron chi connectivity index (χ4n) is 4.67. The summed E-state index contributed by atoms with van der Waals surface area (Å²) in [6.07, 6.45) is 16.9. The van der Waals surface area contributed by atoms with E-state index in [0.29, 0.717) is 6.04 Å². The molecule has 1 aromatic heterocycles. The van der Waals surface area contributed by atoms with E-state index >= 15 is 0 Å². The van der Waals surface area contributed by atoms with Crippen LogP contribution < -0.4 is 15.1 Å².